The van der Waals surface area contributed by atoms with E-state index in [4.69, 9.17) is 4.74 Å². The Morgan fingerprint density at radius 1 is 0.914 bits per heavy atom. The summed E-state index contributed by atoms with van der Waals surface area (Å²) >= 11 is 0. The molecule has 3 atom stereocenters. The lowest BCUT2D eigenvalue weighted by Gasteiger charge is -2.35. The number of amides is 3. The first-order valence-corrected chi connectivity index (χ1v) is 12.8. The number of piperidine rings is 1. The number of benzene rings is 2. The number of hydrogen-bond acceptors (Lipinski definition) is 4. The Morgan fingerprint density at radius 3 is 2.34 bits per heavy atom. The highest BCUT2D eigenvalue weighted by molar-refractivity contribution is 5.94. The molecule has 2 aromatic rings. The van der Waals surface area contributed by atoms with E-state index in [0.29, 0.717) is 37.8 Å². The molecule has 7 heteroatoms. The third kappa shape index (κ3) is 7.29. The number of carbonyl (C=O) groups is 2. The molecule has 188 valence electrons. The topological polar surface area (TPSA) is 73.9 Å². The van der Waals surface area contributed by atoms with Crippen molar-refractivity contribution >= 4 is 11.9 Å². The molecule has 0 aromatic heterocycles. The van der Waals surface area contributed by atoms with E-state index >= 15 is 0 Å². The summed E-state index contributed by atoms with van der Waals surface area (Å²) in [5, 5.41) is 6.00. The lowest BCUT2D eigenvalue weighted by Crippen LogP contribution is -2.48. The van der Waals surface area contributed by atoms with E-state index in [1.54, 1.807) is 0 Å². The van der Waals surface area contributed by atoms with Crippen molar-refractivity contribution in [2.24, 2.45) is 0 Å². The van der Waals surface area contributed by atoms with Crippen LogP contribution in [0.2, 0.25) is 0 Å². The van der Waals surface area contributed by atoms with Crippen LogP contribution < -0.4 is 10.6 Å². The van der Waals surface area contributed by atoms with Crippen molar-refractivity contribution in [2.45, 2.75) is 64.4 Å². The molecular formula is C28H38N4O3. The molecule has 7 nitrogen and oxygen atoms in total. The first-order chi connectivity index (χ1) is 17.0. The van der Waals surface area contributed by atoms with Gasteiger partial charge < -0.3 is 20.3 Å². The molecule has 3 unspecified atom stereocenters. The Bertz CT molecular complexity index is 956. The Balaban J connectivity index is 1.22. The zero-order valence-electron chi connectivity index (χ0n) is 20.9. The molecule has 0 bridgehead atoms. The van der Waals surface area contributed by atoms with E-state index in [1.165, 1.54) is 18.4 Å². The molecule has 2 fully saturated rings. The maximum absolute atomic E-state index is 12.8. The van der Waals surface area contributed by atoms with Crippen LogP contribution in [0.25, 0.3) is 0 Å². The molecule has 35 heavy (non-hydrogen) atoms. The third-order valence-corrected chi connectivity index (χ3v) is 6.84. The van der Waals surface area contributed by atoms with Gasteiger partial charge in [-0.2, -0.15) is 0 Å². The second-order valence-corrected chi connectivity index (χ2v) is 9.83. The second-order valence-electron chi connectivity index (χ2n) is 9.83. The second kappa shape index (κ2) is 12.2. The van der Waals surface area contributed by atoms with Gasteiger partial charge in [0.2, 0.25) is 0 Å². The number of ether oxygens (including phenoxy) is 1. The highest BCUT2D eigenvalue weighted by Gasteiger charge is 2.26. The van der Waals surface area contributed by atoms with Crippen LogP contribution >= 0.6 is 0 Å². The Morgan fingerprint density at radius 2 is 1.63 bits per heavy atom. The van der Waals surface area contributed by atoms with Gasteiger partial charge in [0.05, 0.1) is 12.2 Å². The van der Waals surface area contributed by atoms with Crippen LogP contribution in [0.1, 0.15) is 54.6 Å². The summed E-state index contributed by atoms with van der Waals surface area (Å²) in [7, 11) is 0. The molecule has 2 saturated heterocycles. The molecule has 2 N–H and O–H groups in total. The van der Waals surface area contributed by atoms with Crippen molar-refractivity contribution in [3.8, 4) is 0 Å². The largest absolute Gasteiger partial charge is 0.372 e. The van der Waals surface area contributed by atoms with Gasteiger partial charge in [0.25, 0.3) is 5.91 Å². The van der Waals surface area contributed by atoms with E-state index in [0.717, 1.165) is 25.1 Å². The number of hydrogen-bond donors (Lipinski definition) is 2. The van der Waals surface area contributed by atoms with Crippen molar-refractivity contribution in [2.75, 3.05) is 26.2 Å². The number of rotatable bonds is 7. The Kier molecular flexibility index (Phi) is 8.77. The molecule has 0 spiro atoms. The minimum absolute atomic E-state index is 0.0248. The van der Waals surface area contributed by atoms with Crippen LogP contribution in [0.4, 0.5) is 4.79 Å². The molecule has 0 saturated carbocycles. The first-order valence-electron chi connectivity index (χ1n) is 12.8. The van der Waals surface area contributed by atoms with Crippen molar-refractivity contribution in [3.05, 3.63) is 71.3 Å². The summed E-state index contributed by atoms with van der Waals surface area (Å²) in [6, 6.07) is 18.2. The summed E-state index contributed by atoms with van der Waals surface area (Å²) in [5.41, 5.74) is 2.93. The van der Waals surface area contributed by atoms with Crippen LogP contribution in [0, 0.1) is 0 Å². The average Bonchev–Trinajstić information content (AvgIpc) is 2.87. The molecule has 4 rings (SSSR count). The minimum Gasteiger partial charge on any atom is -0.372 e. The molecule has 0 aliphatic carbocycles. The first kappa shape index (κ1) is 25.2. The van der Waals surface area contributed by atoms with E-state index in [9.17, 15) is 9.59 Å². The van der Waals surface area contributed by atoms with Gasteiger partial charge >= 0.3 is 6.03 Å². The fraction of sp³-hybridized carbons (Fsp3) is 0.500. The van der Waals surface area contributed by atoms with E-state index in [2.05, 4.69) is 39.8 Å². The standard InChI is InChI=1S/C28H38N4O3/c1-21-18-32(19-22(2)35-21)27(33)25-13-11-23(12-14-25)16-29-28(34)30-17-26-10-6-7-15-31(26)20-24-8-4-3-5-9-24/h3-5,8-9,11-14,21-22,26H,6-7,10,15-20H2,1-2H3,(H2,29,30,34). The average molecular weight is 479 g/mol. The fourth-order valence-corrected chi connectivity index (χ4v) is 5.06. The molecule has 3 amide bonds. The van der Waals surface area contributed by atoms with Crippen molar-refractivity contribution in [3.63, 3.8) is 0 Å². The summed E-state index contributed by atoms with van der Waals surface area (Å²) in [6.45, 7) is 8.24. The van der Waals surface area contributed by atoms with Crippen LogP contribution in [-0.4, -0.2) is 66.2 Å². The molecule has 2 aromatic carbocycles. The Labute approximate surface area is 208 Å². The predicted molar refractivity (Wildman–Crippen MR) is 137 cm³/mol. The molecule has 2 aliphatic rings. The van der Waals surface area contributed by atoms with E-state index < -0.39 is 0 Å². The van der Waals surface area contributed by atoms with Gasteiger partial charge in [0.15, 0.2) is 0 Å². The van der Waals surface area contributed by atoms with Gasteiger partial charge in [0.1, 0.15) is 0 Å². The van der Waals surface area contributed by atoms with Crippen LogP contribution in [0.3, 0.4) is 0 Å². The van der Waals surface area contributed by atoms with Crippen LogP contribution in [0.15, 0.2) is 54.6 Å². The summed E-state index contributed by atoms with van der Waals surface area (Å²) in [6.07, 6.45) is 3.60. The number of morpholine rings is 1. The van der Waals surface area contributed by atoms with Gasteiger partial charge in [-0.25, -0.2) is 4.79 Å². The maximum atomic E-state index is 12.8. The number of nitrogens with one attached hydrogen (secondary N) is 2. The molecule has 2 aliphatic heterocycles. The number of nitrogens with zero attached hydrogens (tertiary/aromatic N) is 2. The number of carbonyl (C=O) groups excluding carboxylic acids is 2. The SMILES string of the molecule is CC1CN(C(=O)c2ccc(CNC(=O)NCC3CCCCN3Cc3ccccc3)cc2)CC(C)O1. The van der Waals surface area contributed by atoms with Crippen LogP contribution in [-0.2, 0) is 17.8 Å². The highest BCUT2D eigenvalue weighted by Crippen LogP contribution is 2.19. The van der Waals surface area contributed by atoms with Gasteiger partial charge in [-0.05, 0) is 56.5 Å². The molecule has 0 radical (unpaired) electrons. The van der Waals surface area contributed by atoms with Crippen molar-refractivity contribution < 1.29 is 14.3 Å². The smallest absolute Gasteiger partial charge is 0.315 e. The van der Waals surface area contributed by atoms with E-state index in [1.807, 2.05) is 49.1 Å². The fourth-order valence-electron chi connectivity index (χ4n) is 5.06. The van der Waals surface area contributed by atoms with Gasteiger partial charge in [0, 0.05) is 44.3 Å². The summed E-state index contributed by atoms with van der Waals surface area (Å²) < 4.78 is 5.72. The maximum Gasteiger partial charge on any atom is 0.315 e. The minimum atomic E-state index is -0.160. The zero-order chi connectivity index (χ0) is 24.6. The van der Waals surface area contributed by atoms with Crippen molar-refractivity contribution in [1.29, 1.82) is 0 Å². The predicted octanol–water partition coefficient (Wildman–Crippen LogP) is 3.79. The van der Waals surface area contributed by atoms with Gasteiger partial charge in [-0.3, -0.25) is 9.69 Å². The quantitative estimate of drug-likeness (QED) is 0.635. The Hall–Kier alpha value is -2.90. The monoisotopic (exact) mass is 478 g/mol. The van der Waals surface area contributed by atoms with E-state index in [-0.39, 0.29) is 24.1 Å². The summed E-state index contributed by atoms with van der Waals surface area (Å²) in [5.74, 6) is 0.0248. The lowest BCUT2D eigenvalue weighted by molar-refractivity contribution is -0.0586. The van der Waals surface area contributed by atoms with Gasteiger partial charge in [-0.15, -0.1) is 0 Å². The third-order valence-electron chi connectivity index (χ3n) is 6.84. The number of likely N-dealkylation sites (tertiary alicyclic amines) is 1. The van der Waals surface area contributed by atoms with Crippen LogP contribution in [0.5, 0.6) is 0 Å². The zero-order valence-corrected chi connectivity index (χ0v) is 20.9. The molecular weight excluding hydrogens is 440 g/mol. The number of urea groups is 1. The highest BCUT2D eigenvalue weighted by atomic mass is 16.5. The van der Waals surface area contributed by atoms with Crippen molar-refractivity contribution in [1.82, 2.24) is 20.4 Å². The normalized spacial score (nSPS) is 23.0. The molecule has 2 heterocycles. The lowest BCUT2D eigenvalue weighted by atomic mass is 10.0. The van der Waals surface area contributed by atoms with Gasteiger partial charge in [-0.1, -0.05) is 48.9 Å². The summed E-state index contributed by atoms with van der Waals surface area (Å²) in [4.78, 5) is 29.6.